The third-order valence-corrected chi connectivity index (χ3v) is 11.3. The fourth-order valence-corrected chi connectivity index (χ4v) is 8.49. The Morgan fingerprint density at radius 1 is 0.500 bits per heavy atom. The zero-order valence-electron chi connectivity index (χ0n) is 32.8. The number of benzene rings is 6. The molecule has 1 aliphatic rings. The first-order valence-corrected chi connectivity index (χ1v) is 19.5. The fourth-order valence-electron chi connectivity index (χ4n) is 8.49. The molecule has 0 unspecified atom stereocenters. The van der Waals surface area contributed by atoms with Gasteiger partial charge >= 0.3 is 0 Å². The molecule has 9 aromatic rings. The lowest BCUT2D eigenvalue weighted by Crippen LogP contribution is -2.42. The highest BCUT2D eigenvalue weighted by atomic mass is 16.5. The lowest BCUT2D eigenvalue weighted by molar-refractivity contribution is 0.483. The van der Waals surface area contributed by atoms with Crippen LogP contribution < -0.4 is 14.5 Å². The van der Waals surface area contributed by atoms with Gasteiger partial charge < -0.3 is 19.1 Å². The standard InChI is InChI=1S/C50H45N5O/c1-49(2,3)33-25-26-51-48(27-33)55-45-29-37(56-36-18-14-17-35(28-36)52-32-53(50(4,5)6)44-22-13-12-21-43(44)52)23-24-39(45)41-30-40-38-19-10-11-20-42(38)54(46(40)31-47(41)55)34-15-8-7-9-16-34/h7-31H,32H2,1-6H3. The first kappa shape index (κ1) is 34.0. The van der Waals surface area contributed by atoms with Crippen LogP contribution >= 0.6 is 0 Å². The largest absolute Gasteiger partial charge is 0.457 e. The minimum atomic E-state index is -0.0392. The van der Waals surface area contributed by atoms with Gasteiger partial charge in [0.25, 0.3) is 0 Å². The van der Waals surface area contributed by atoms with Gasteiger partial charge in [-0.05, 0) is 111 Å². The van der Waals surface area contributed by atoms with Crippen molar-refractivity contribution in [1.82, 2.24) is 14.1 Å². The summed E-state index contributed by atoms with van der Waals surface area (Å²) in [7, 11) is 0. The Bertz CT molecular complexity index is 2960. The molecule has 3 aromatic heterocycles. The summed E-state index contributed by atoms with van der Waals surface area (Å²) in [4.78, 5) is 9.85. The van der Waals surface area contributed by atoms with Crippen molar-refractivity contribution in [3.63, 3.8) is 0 Å². The Hall–Kier alpha value is -6.53. The predicted octanol–water partition coefficient (Wildman–Crippen LogP) is 13.1. The van der Waals surface area contributed by atoms with Crippen LogP contribution in [0.15, 0.2) is 152 Å². The number of pyridine rings is 1. The summed E-state index contributed by atoms with van der Waals surface area (Å²) in [5.41, 5.74) is 10.3. The average Bonchev–Trinajstić information content (AvgIpc) is 3.85. The number of ether oxygens (including phenoxy) is 1. The zero-order chi connectivity index (χ0) is 38.3. The molecule has 6 heteroatoms. The van der Waals surface area contributed by atoms with E-state index in [1.807, 2.05) is 12.3 Å². The maximum Gasteiger partial charge on any atom is 0.137 e. The molecule has 0 aliphatic carbocycles. The number of hydrogen-bond acceptors (Lipinski definition) is 4. The Morgan fingerprint density at radius 3 is 1.95 bits per heavy atom. The van der Waals surface area contributed by atoms with Gasteiger partial charge in [-0.15, -0.1) is 0 Å². The molecule has 1 aliphatic heterocycles. The van der Waals surface area contributed by atoms with E-state index in [4.69, 9.17) is 9.72 Å². The van der Waals surface area contributed by atoms with Gasteiger partial charge in [0.1, 0.15) is 17.3 Å². The van der Waals surface area contributed by atoms with Crippen molar-refractivity contribution in [3.8, 4) is 23.0 Å². The molecule has 10 rings (SSSR count). The van der Waals surface area contributed by atoms with E-state index in [1.165, 1.54) is 38.6 Å². The molecule has 0 radical (unpaired) electrons. The Morgan fingerprint density at radius 2 is 1.16 bits per heavy atom. The number of rotatable bonds is 5. The van der Waals surface area contributed by atoms with Crippen LogP contribution in [-0.2, 0) is 5.41 Å². The van der Waals surface area contributed by atoms with Crippen molar-refractivity contribution in [2.24, 2.45) is 0 Å². The molecule has 4 heterocycles. The van der Waals surface area contributed by atoms with Crippen molar-refractivity contribution in [3.05, 3.63) is 157 Å². The fraction of sp³-hybridized carbons (Fsp3) is 0.180. The Kier molecular flexibility index (Phi) is 7.59. The van der Waals surface area contributed by atoms with E-state index in [2.05, 4.69) is 200 Å². The zero-order valence-corrected chi connectivity index (χ0v) is 32.8. The summed E-state index contributed by atoms with van der Waals surface area (Å²) >= 11 is 0. The van der Waals surface area contributed by atoms with Crippen LogP contribution in [-0.4, -0.2) is 26.3 Å². The van der Waals surface area contributed by atoms with Crippen molar-refractivity contribution in [1.29, 1.82) is 0 Å². The number of fused-ring (bicyclic) bond motifs is 7. The summed E-state index contributed by atoms with van der Waals surface area (Å²) in [6, 6.07) is 52.0. The van der Waals surface area contributed by atoms with E-state index in [0.717, 1.165) is 57.3 Å². The topological polar surface area (TPSA) is 38.5 Å². The Balaban J connectivity index is 1.14. The molecule has 0 amide bonds. The lowest BCUT2D eigenvalue weighted by Gasteiger charge is -2.34. The van der Waals surface area contributed by atoms with Gasteiger partial charge in [0.2, 0.25) is 0 Å². The van der Waals surface area contributed by atoms with Gasteiger partial charge in [0.05, 0.1) is 40.1 Å². The maximum atomic E-state index is 6.75. The van der Waals surface area contributed by atoms with Crippen molar-refractivity contribution >= 4 is 60.7 Å². The normalized spacial score (nSPS) is 13.4. The molecule has 0 N–H and O–H groups in total. The van der Waals surface area contributed by atoms with Crippen LogP contribution in [0.2, 0.25) is 0 Å². The summed E-state index contributed by atoms with van der Waals surface area (Å²) in [5.74, 6) is 2.44. The van der Waals surface area contributed by atoms with E-state index in [1.54, 1.807) is 0 Å². The molecule has 0 saturated heterocycles. The van der Waals surface area contributed by atoms with E-state index in [-0.39, 0.29) is 11.0 Å². The first-order chi connectivity index (χ1) is 27.0. The summed E-state index contributed by atoms with van der Waals surface area (Å²) in [5, 5.41) is 4.78. The SMILES string of the molecule is CC(C)(C)c1ccnc(-n2c3cc(Oc4cccc(N5CN(C(C)(C)C)c6ccccc65)c4)ccc3c3cc4c5ccccc5n(-c5ccccc5)c4cc32)c1. The second-order valence-corrected chi connectivity index (χ2v) is 17.0. The van der Waals surface area contributed by atoms with Gasteiger partial charge in [0, 0.05) is 56.8 Å². The highest BCUT2D eigenvalue weighted by Gasteiger charge is 2.33. The molecular weight excluding hydrogens is 687 g/mol. The number of nitrogens with zero attached hydrogens (tertiary/aromatic N) is 5. The van der Waals surface area contributed by atoms with Gasteiger partial charge in [-0.2, -0.15) is 0 Å². The molecule has 6 nitrogen and oxygen atoms in total. The predicted molar refractivity (Wildman–Crippen MR) is 234 cm³/mol. The monoisotopic (exact) mass is 731 g/mol. The van der Waals surface area contributed by atoms with Gasteiger partial charge in [-0.25, -0.2) is 4.98 Å². The summed E-state index contributed by atoms with van der Waals surface area (Å²) in [6.07, 6.45) is 1.94. The number of anilines is 3. The first-order valence-electron chi connectivity index (χ1n) is 19.5. The number of para-hydroxylation sites is 4. The van der Waals surface area contributed by atoms with Crippen LogP contribution in [0, 0.1) is 0 Å². The molecule has 0 saturated carbocycles. The van der Waals surface area contributed by atoms with E-state index in [0.29, 0.717) is 0 Å². The van der Waals surface area contributed by atoms with Crippen LogP contribution in [0.5, 0.6) is 11.5 Å². The van der Waals surface area contributed by atoms with E-state index < -0.39 is 0 Å². The minimum absolute atomic E-state index is 0.0164. The van der Waals surface area contributed by atoms with E-state index >= 15 is 0 Å². The molecule has 0 bridgehead atoms. The highest BCUT2D eigenvalue weighted by molar-refractivity contribution is 6.19. The lowest BCUT2D eigenvalue weighted by atomic mass is 9.88. The maximum absolute atomic E-state index is 6.75. The van der Waals surface area contributed by atoms with Crippen LogP contribution in [0.3, 0.4) is 0 Å². The smallest absolute Gasteiger partial charge is 0.137 e. The summed E-state index contributed by atoms with van der Waals surface area (Å²) < 4.78 is 11.5. The Labute approximate surface area is 327 Å². The third kappa shape index (κ3) is 5.50. The third-order valence-electron chi connectivity index (χ3n) is 11.3. The molecule has 56 heavy (non-hydrogen) atoms. The minimum Gasteiger partial charge on any atom is -0.457 e. The molecule has 276 valence electrons. The molecular formula is C50H45N5O. The summed E-state index contributed by atoms with van der Waals surface area (Å²) in [6.45, 7) is 14.3. The number of aromatic nitrogens is 3. The molecule has 6 aromatic carbocycles. The van der Waals surface area contributed by atoms with Crippen molar-refractivity contribution < 1.29 is 4.74 Å². The van der Waals surface area contributed by atoms with Crippen LogP contribution in [0.1, 0.15) is 47.1 Å². The second kappa shape index (κ2) is 12.5. The quantitative estimate of drug-likeness (QED) is 0.177. The molecule has 0 atom stereocenters. The van der Waals surface area contributed by atoms with Crippen molar-refractivity contribution in [2.45, 2.75) is 52.5 Å². The average molecular weight is 732 g/mol. The highest BCUT2D eigenvalue weighted by Crippen LogP contribution is 2.45. The van der Waals surface area contributed by atoms with Crippen LogP contribution in [0.4, 0.5) is 17.1 Å². The molecule has 0 spiro atoms. The molecule has 0 fully saturated rings. The van der Waals surface area contributed by atoms with Gasteiger partial charge in [-0.3, -0.25) is 4.57 Å². The second-order valence-electron chi connectivity index (χ2n) is 17.0. The van der Waals surface area contributed by atoms with Gasteiger partial charge in [0.15, 0.2) is 0 Å². The van der Waals surface area contributed by atoms with Crippen LogP contribution in [0.25, 0.3) is 55.1 Å². The van der Waals surface area contributed by atoms with Gasteiger partial charge in [-0.1, -0.05) is 75.4 Å². The van der Waals surface area contributed by atoms with E-state index in [9.17, 15) is 0 Å². The number of hydrogen-bond donors (Lipinski definition) is 0. The van der Waals surface area contributed by atoms with Crippen molar-refractivity contribution in [2.75, 3.05) is 16.5 Å².